The molecule has 70 valence electrons. The third-order valence-electron chi connectivity index (χ3n) is 2.97. The molecule has 1 rings (SSSR count). The molecule has 1 saturated heterocycles. The van der Waals surface area contributed by atoms with E-state index in [0.29, 0.717) is 18.5 Å². The van der Waals surface area contributed by atoms with Gasteiger partial charge < -0.3 is 0 Å². The van der Waals surface area contributed by atoms with Gasteiger partial charge in [0.15, 0.2) is 0 Å². The molecule has 0 aromatic heterocycles. The van der Waals surface area contributed by atoms with Crippen LogP contribution in [0.4, 0.5) is 8.78 Å². The zero-order valence-corrected chi connectivity index (χ0v) is 7.82. The molecule has 1 atom stereocenters. The van der Waals surface area contributed by atoms with Crippen molar-refractivity contribution in [3.63, 3.8) is 0 Å². The van der Waals surface area contributed by atoms with Crippen LogP contribution in [0.1, 0.15) is 26.7 Å². The average molecular weight is 175 g/mol. The van der Waals surface area contributed by atoms with Gasteiger partial charge in [0.05, 0.1) is 0 Å². The Balaban J connectivity index is 2.82. The maximum absolute atomic E-state index is 12.2. The molecule has 1 nitrogen and oxygen atoms in total. The van der Waals surface area contributed by atoms with Gasteiger partial charge in [-0.25, -0.2) is 0 Å². The first-order valence-electron chi connectivity index (χ1n) is 4.24. The molecule has 0 N–H and O–H groups in total. The minimum absolute atomic E-state index is 0.0568. The summed E-state index contributed by atoms with van der Waals surface area (Å²) < 4.78 is 24.5. The van der Waals surface area contributed by atoms with Crippen LogP contribution in [0, 0.1) is 0 Å². The van der Waals surface area contributed by atoms with Gasteiger partial charge >= 0.3 is 0 Å². The topological polar surface area (TPSA) is 3.24 Å². The fraction of sp³-hybridized carbons (Fsp3) is 0.778. The lowest BCUT2D eigenvalue weighted by molar-refractivity contribution is 0.189. The molecule has 1 aliphatic rings. The van der Waals surface area contributed by atoms with Crippen molar-refractivity contribution in [3.05, 3.63) is 11.7 Å². The highest BCUT2D eigenvalue weighted by atomic mass is 19.3. The summed E-state index contributed by atoms with van der Waals surface area (Å²) in [7, 11) is 1.90. The largest absolute Gasteiger partial charge is 0.297 e. The predicted molar refractivity (Wildman–Crippen MR) is 45.2 cm³/mol. The maximum Gasteiger partial charge on any atom is 0.270 e. The second-order valence-corrected chi connectivity index (χ2v) is 3.75. The van der Waals surface area contributed by atoms with E-state index in [1.807, 2.05) is 25.8 Å². The summed E-state index contributed by atoms with van der Waals surface area (Å²) in [4.78, 5) is 2.00. The fourth-order valence-electron chi connectivity index (χ4n) is 1.65. The molecule has 0 amide bonds. The first-order chi connectivity index (χ1) is 5.49. The Hall–Kier alpha value is -0.440. The zero-order valence-electron chi connectivity index (χ0n) is 7.82. The summed E-state index contributed by atoms with van der Waals surface area (Å²) in [6.07, 6.45) is -0.0539. The van der Waals surface area contributed by atoms with E-state index in [1.165, 1.54) is 0 Å². The van der Waals surface area contributed by atoms with E-state index in [-0.39, 0.29) is 5.54 Å². The van der Waals surface area contributed by atoms with Crippen LogP contribution in [0.5, 0.6) is 0 Å². The lowest BCUT2D eigenvalue weighted by Crippen LogP contribution is -2.36. The Labute approximate surface area is 72.1 Å². The Morgan fingerprint density at radius 1 is 1.58 bits per heavy atom. The van der Waals surface area contributed by atoms with Gasteiger partial charge in [0.25, 0.3) is 6.08 Å². The van der Waals surface area contributed by atoms with E-state index in [4.69, 9.17) is 0 Å². The Bertz CT molecular complexity index is 209. The third kappa shape index (κ3) is 1.51. The summed E-state index contributed by atoms with van der Waals surface area (Å²) in [5.41, 5.74) is 0.250. The van der Waals surface area contributed by atoms with Crippen LogP contribution < -0.4 is 0 Å². The number of hydrogen-bond acceptors (Lipinski definition) is 1. The molecule has 0 spiro atoms. The molecule has 1 heterocycles. The van der Waals surface area contributed by atoms with Crippen molar-refractivity contribution < 1.29 is 8.78 Å². The van der Waals surface area contributed by atoms with Gasteiger partial charge in [-0.3, -0.25) is 4.90 Å². The number of rotatable bonds is 1. The quantitative estimate of drug-likeness (QED) is 0.592. The molecule has 0 aromatic rings. The summed E-state index contributed by atoms with van der Waals surface area (Å²) in [6.45, 7) is 4.49. The van der Waals surface area contributed by atoms with Crippen LogP contribution in [-0.4, -0.2) is 24.0 Å². The molecule has 0 aromatic carbocycles. The van der Waals surface area contributed by atoms with Crippen LogP contribution in [0.3, 0.4) is 0 Å². The molecule has 0 bridgehead atoms. The van der Waals surface area contributed by atoms with E-state index in [9.17, 15) is 8.78 Å². The number of hydrogen-bond donors (Lipinski definition) is 0. The first-order valence-corrected chi connectivity index (χ1v) is 4.24. The van der Waals surface area contributed by atoms with Crippen LogP contribution in [0.15, 0.2) is 11.7 Å². The number of nitrogens with zero attached hydrogens (tertiary/aromatic N) is 1. The Morgan fingerprint density at radius 2 is 2.17 bits per heavy atom. The van der Waals surface area contributed by atoms with E-state index >= 15 is 0 Å². The van der Waals surface area contributed by atoms with E-state index in [1.54, 1.807) is 0 Å². The first kappa shape index (κ1) is 9.65. The third-order valence-corrected chi connectivity index (χ3v) is 2.97. The number of likely N-dealkylation sites (tertiary alicyclic amines) is 1. The normalized spacial score (nSPS) is 31.2. The smallest absolute Gasteiger partial charge is 0.270 e. The van der Waals surface area contributed by atoms with Crippen molar-refractivity contribution in [2.75, 3.05) is 13.6 Å². The Kier molecular flexibility index (Phi) is 2.52. The van der Waals surface area contributed by atoms with Gasteiger partial charge in [-0.2, -0.15) is 8.78 Å². The monoisotopic (exact) mass is 175 g/mol. The highest BCUT2D eigenvalue weighted by Gasteiger charge is 2.36. The van der Waals surface area contributed by atoms with Gasteiger partial charge in [0.2, 0.25) is 0 Å². The van der Waals surface area contributed by atoms with Crippen LogP contribution in [0.25, 0.3) is 0 Å². The zero-order chi connectivity index (χ0) is 9.35. The maximum atomic E-state index is 12.2. The molecule has 1 aliphatic heterocycles. The van der Waals surface area contributed by atoms with E-state index < -0.39 is 6.08 Å². The van der Waals surface area contributed by atoms with Crippen molar-refractivity contribution in [1.29, 1.82) is 0 Å². The SMILES string of the molecule is CC[C@]1(C)CC(=C(F)F)CN1C. The molecule has 0 radical (unpaired) electrons. The fourth-order valence-corrected chi connectivity index (χ4v) is 1.65. The molecule has 0 aliphatic carbocycles. The molecular formula is C9H15F2N. The van der Waals surface area contributed by atoms with Crippen molar-refractivity contribution in [1.82, 2.24) is 4.90 Å². The lowest BCUT2D eigenvalue weighted by Gasteiger charge is -2.30. The van der Waals surface area contributed by atoms with Crippen molar-refractivity contribution in [2.45, 2.75) is 32.2 Å². The predicted octanol–water partition coefficient (Wildman–Crippen LogP) is 2.64. The summed E-state index contributed by atoms with van der Waals surface area (Å²) >= 11 is 0. The molecule has 0 unspecified atom stereocenters. The molecule has 3 heteroatoms. The van der Waals surface area contributed by atoms with Gasteiger partial charge in [-0.15, -0.1) is 0 Å². The molecular weight excluding hydrogens is 160 g/mol. The standard InChI is InChI=1S/C9H15F2N/c1-4-9(2)5-7(8(10)11)6-12(9)3/h4-6H2,1-3H3/t9-/m1/s1. The molecule has 1 fully saturated rings. The second kappa shape index (κ2) is 3.13. The lowest BCUT2D eigenvalue weighted by atomic mass is 9.95. The second-order valence-electron chi connectivity index (χ2n) is 3.75. The van der Waals surface area contributed by atoms with Gasteiger partial charge in [-0.1, -0.05) is 6.92 Å². The summed E-state index contributed by atoms with van der Waals surface area (Å²) in [5, 5.41) is 0. The van der Waals surface area contributed by atoms with E-state index in [2.05, 4.69) is 0 Å². The minimum Gasteiger partial charge on any atom is -0.297 e. The number of halogens is 2. The van der Waals surface area contributed by atoms with Crippen LogP contribution in [0.2, 0.25) is 0 Å². The number of likely N-dealkylation sites (N-methyl/N-ethyl adjacent to an activating group) is 1. The van der Waals surface area contributed by atoms with Gasteiger partial charge in [0, 0.05) is 17.7 Å². The van der Waals surface area contributed by atoms with Crippen LogP contribution >= 0.6 is 0 Å². The summed E-state index contributed by atoms with van der Waals surface area (Å²) in [6, 6.07) is 0. The van der Waals surface area contributed by atoms with Crippen molar-refractivity contribution in [3.8, 4) is 0 Å². The van der Waals surface area contributed by atoms with E-state index in [0.717, 1.165) is 6.42 Å². The van der Waals surface area contributed by atoms with Crippen molar-refractivity contribution in [2.24, 2.45) is 0 Å². The van der Waals surface area contributed by atoms with Gasteiger partial charge in [0.1, 0.15) is 0 Å². The molecule has 12 heavy (non-hydrogen) atoms. The van der Waals surface area contributed by atoms with Crippen LogP contribution in [-0.2, 0) is 0 Å². The molecule has 0 saturated carbocycles. The average Bonchev–Trinajstić information content (AvgIpc) is 2.30. The highest BCUT2D eigenvalue weighted by molar-refractivity contribution is 5.17. The highest BCUT2D eigenvalue weighted by Crippen LogP contribution is 2.35. The summed E-state index contributed by atoms with van der Waals surface area (Å²) in [5.74, 6) is 0. The van der Waals surface area contributed by atoms with Gasteiger partial charge in [-0.05, 0) is 26.8 Å². The minimum atomic E-state index is -1.49. The van der Waals surface area contributed by atoms with Crippen molar-refractivity contribution >= 4 is 0 Å². The Morgan fingerprint density at radius 3 is 2.42 bits per heavy atom.